The molecule has 0 aliphatic heterocycles. The normalized spacial score (nSPS) is 12.0. The Labute approximate surface area is 144 Å². The summed E-state index contributed by atoms with van der Waals surface area (Å²) in [5.41, 5.74) is 5.62. The SMILES string of the molecule is C=C(CC)c1cc(C)ccc1CCCN(CCNC)C(C)(C)C. The first kappa shape index (κ1) is 19.9. The van der Waals surface area contributed by atoms with Crippen LogP contribution in [0, 0.1) is 6.92 Å². The van der Waals surface area contributed by atoms with Gasteiger partial charge in [-0.1, -0.05) is 37.3 Å². The Kier molecular flexibility index (Phi) is 8.01. The maximum Gasteiger partial charge on any atom is 0.0125 e. The molecule has 0 saturated carbocycles. The highest BCUT2D eigenvalue weighted by Crippen LogP contribution is 2.23. The van der Waals surface area contributed by atoms with Crippen molar-refractivity contribution < 1.29 is 0 Å². The third-order valence-corrected chi connectivity index (χ3v) is 4.53. The van der Waals surface area contributed by atoms with Crippen LogP contribution in [-0.4, -0.2) is 37.1 Å². The number of rotatable bonds is 9. The average Bonchev–Trinajstić information content (AvgIpc) is 2.49. The van der Waals surface area contributed by atoms with E-state index >= 15 is 0 Å². The van der Waals surface area contributed by atoms with Crippen LogP contribution in [0.4, 0.5) is 0 Å². The summed E-state index contributed by atoms with van der Waals surface area (Å²) in [5.74, 6) is 0. The second-order valence-electron chi connectivity index (χ2n) is 7.48. The lowest BCUT2D eigenvalue weighted by Crippen LogP contribution is -2.45. The van der Waals surface area contributed by atoms with Crippen LogP contribution >= 0.6 is 0 Å². The highest BCUT2D eigenvalue weighted by Gasteiger charge is 2.20. The smallest absolute Gasteiger partial charge is 0.0125 e. The number of hydrogen-bond acceptors (Lipinski definition) is 2. The van der Waals surface area contributed by atoms with E-state index in [1.165, 1.54) is 28.7 Å². The highest BCUT2D eigenvalue weighted by molar-refractivity contribution is 5.66. The molecule has 0 radical (unpaired) electrons. The van der Waals surface area contributed by atoms with Gasteiger partial charge in [0.15, 0.2) is 0 Å². The highest BCUT2D eigenvalue weighted by atomic mass is 15.2. The Hall–Kier alpha value is -1.12. The van der Waals surface area contributed by atoms with Gasteiger partial charge in [0, 0.05) is 18.6 Å². The number of likely N-dealkylation sites (N-methyl/N-ethyl adjacent to an activating group) is 1. The first-order chi connectivity index (χ1) is 10.8. The molecular weight excluding hydrogens is 280 g/mol. The maximum atomic E-state index is 4.25. The van der Waals surface area contributed by atoms with Gasteiger partial charge in [-0.3, -0.25) is 4.90 Å². The van der Waals surface area contributed by atoms with Gasteiger partial charge in [-0.15, -0.1) is 0 Å². The molecule has 0 aliphatic carbocycles. The van der Waals surface area contributed by atoms with Crippen LogP contribution in [0.15, 0.2) is 24.8 Å². The molecule has 130 valence electrons. The summed E-state index contributed by atoms with van der Waals surface area (Å²) in [6.45, 7) is 18.8. The molecule has 0 unspecified atom stereocenters. The third-order valence-electron chi connectivity index (χ3n) is 4.53. The van der Waals surface area contributed by atoms with E-state index in [0.29, 0.717) is 0 Å². The zero-order valence-corrected chi connectivity index (χ0v) is 16.1. The second kappa shape index (κ2) is 9.24. The van der Waals surface area contributed by atoms with Crippen LogP contribution in [0.3, 0.4) is 0 Å². The van der Waals surface area contributed by atoms with Gasteiger partial charge in [-0.25, -0.2) is 0 Å². The summed E-state index contributed by atoms with van der Waals surface area (Å²) in [5, 5.41) is 3.26. The lowest BCUT2D eigenvalue weighted by Gasteiger charge is -2.35. The van der Waals surface area contributed by atoms with Crippen LogP contribution in [0.2, 0.25) is 0 Å². The second-order valence-corrected chi connectivity index (χ2v) is 7.48. The van der Waals surface area contributed by atoms with E-state index in [-0.39, 0.29) is 5.54 Å². The summed E-state index contributed by atoms with van der Waals surface area (Å²) in [4.78, 5) is 2.58. The molecule has 1 aromatic carbocycles. The summed E-state index contributed by atoms with van der Waals surface area (Å²) in [7, 11) is 2.02. The van der Waals surface area contributed by atoms with Gasteiger partial charge in [0.1, 0.15) is 0 Å². The van der Waals surface area contributed by atoms with Gasteiger partial charge in [-0.2, -0.15) is 0 Å². The zero-order valence-electron chi connectivity index (χ0n) is 16.1. The van der Waals surface area contributed by atoms with Crippen LogP contribution in [0.1, 0.15) is 57.2 Å². The first-order valence-electron chi connectivity index (χ1n) is 8.97. The van der Waals surface area contributed by atoms with Crippen molar-refractivity contribution in [1.82, 2.24) is 10.2 Å². The molecule has 0 fully saturated rings. The Morgan fingerprint density at radius 2 is 1.91 bits per heavy atom. The van der Waals surface area contributed by atoms with Gasteiger partial charge < -0.3 is 5.32 Å². The van der Waals surface area contributed by atoms with Crippen molar-refractivity contribution in [2.24, 2.45) is 0 Å². The molecule has 0 amide bonds. The number of benzene rings is 1. The fourth-order valence-electron chi connectivity index (χ4n) is 2.92. The number of nitrogens with one attached hydrogen (secondary N) is 1. The summed E-state index contributed by atoms with van der Waals surface area (Å²) >= 11 is 0. The van der Waals surface area contributed by atoms with E-state index in [9.17, 15) is 0 Å². The molecule has 0 atom stereocenters. The molecule has 23 heavy (non-hydrogen) atoms. The average molecular weight is 317 g/mol. The monoisotopic (exact) mass is 316 g/mol. The van der Waals surface area contributed by atoms with Crippen molar-refractivity contribution >= 4 is 5.57 Å². The molecule has 0 spiro atoms. The fraction of sp³-hybridized carbons (Fsp3) is 0.619. The lowest BCUT2D eigenvalue weighted by atomic mass is 9.94. The topological polar surface area (TPSA) is 15.3 Å². The molecule has 2 nitrogen and oxygen atoms in total. The summed E-state index contributed by atoms with van der Waals surface area (Å²) < 4.78 is 0. The van der Waals surface area contributed by atoms with E-state index in [2.05, 4.69) is 69.6 Å². The van der Waals surface area contributed by atoms with Gasteiger partial charge in [0.2, 0.25) is 0 Å². The van der Waals surface area contributed by atoms with E-state index < -0.39 is 0 Å². The molecule has 1 aromatic rings. The van der Waals surface area contributed by atoms with E-state index in [4.69, 9.17) is 0 Å². The van der Waals surface area contributed by atoms with Crippen LogP contribution < -0.4 is 5.32 Å². The number of hydrogen-bond donors (Lipinski definition) is 1. The van der Waals surface area contributed by atoms with Crippen molar-refractivity contribution in [3.8, 4) is 0 Å². The van der Waals surface area contributed by atoms with Crippen molar-refractivity contribution in [2.75, 3.05) is 26.7 Å². The van der Waals surface area contributed by atoms with E-state index in [1.807, 2.05) is 7.05 Å². The Balaban J connectivity index is 2.72. The minimum Gasteiger partial charge on any atom is -0.318 e. The minimum absolute atomic E-state index is 0.222. The summed E-state index contributed by atoms with van der Waals surface area (Å²) in [6.07, 6.45) is 3.33. The summed E-state index contributed by atoms with van der Waals surface area (Å²) in [6, 6.07) is 6.81. The van der Waals surface area contributed by atoms with E-state index in [0.717, 1.165) is 32.5 Å². The molecule has 2 heteroatoms. The number of aryl methyl sites for hydroxylation is 2. The Morgan fingerprint density at radius 1 is 1.22 bits per heavy atom. The fourth-order valence-corrected chi connectivity index (χ4v) is 2.92. The van der Waals surface area contributed by atoms with E-state index in [1.54, 1.807) is 0 Å². The molecule has 0 aliphatic rings. The van der Waals surface area contributed by atoms with Gasteiger partial charge in [0.05, 0.1) is 0 Å². The van der Waals surface area contributed by atoms with Crippen molar-refractivity contribution in [3.05, 3.63) is 41.5 Å². The number of allylic oxidation sites excluding steroid dienone is 1. The Bertz CT molecular complexity index is 497. The molecule has 1 N–H and O–H groups in total. The molecule has 1 rings (SSSR count). The van der Waals surface area contributed by atoms with Crippen molar-refractivity contribution in [3.63, 3.8) is 0 Å². The molecule has 0 aromatic heterocycles. The quantitative estimate of drug-likeness (QED) is 0.712. The van der Waals surface area contributed by atoms with Gasteiger partial charge >= 0.3 is 0 Å². The Morgan fingerprint density at radius 3 is 2.48 bits per heavy atom. The lowest BCUT2D eigenvalue weighted by molar-refractivity contribution is 0.136. The predicted octanol–water partition coefficient (Wildman–Crippen LogP) is 4.67. The largest absolute Gasteiger partial charge is 0.318 e. The van der Waals surface area contributed by atoms with Crippen LogP contribution in [0.5, 0.6) is 0 Å². The third kappa shape index (κ3) is 6.48. The molecular formula is C21H36N2. The molecule has 0 bridgehead atoms. The standard InChI is InChI=1S/C21H36N2/c1-8-18(3)20-16-17(2)11-12-19(20)10-9-14-23(15-13-22-7)21(4,5)6/h11-12,16,22H,3,8-10,13-15H2,1-2,4-7H3. The molecule has 0 saturated heterocycles. The minimum atomic E-state index is 0.222. The van der Waals surface area contributed by atoms with Gasteiger partial charge in [0.25, 0.3) is 0 Å². The van der Waals surface area contributed by atoms with Crippen LogP contribution in [0.25, 0.3) is 5.57 Å². The zero-order chi connectivity index (χ0) is 17.5. The first-order valence-corrected chi connectivity index (χ1v) is 8.97. The molecule has 0 heterocycles. The number of nitrogens with zero attached hydrogens (tertiary/aromatic N) is 1. The maximum absolute atomic E-state index is 4.25. The van der Waals surface area contributed by atoms with Crippen molar-refractivity contribution in [2.45, 2.75) is 59.4 Å². The predicted molar refractivity (Wildman–Crippen MR) is 104 cm³/mol. The van der Waals surface area contributed by atoms with Crippen molar-refractivity contribution in [1.29, 1.82) is 0 Å². The van der Waals surface area contributed by atoms with Crippen LogP contribution in [-0.2, 0) is 6.42 Å². The van der Waals surface area contributed by atoms with Gasteiger partial charge in [-0.05, 0) is 77.2 Å².